The lowest BCUT2D eigenvalue weighted by Gasteiger charge is -2.19. The van der Waals surface area contributed by atoms with E-state index in [4.69, 9.17) is 4.74 Å². The van der Waals surface area contributed by atoms with Crippen molar-refractivity contribution in [3.63, 3.8) is 0 Å². The van der Waals surface area contributed by atoms with Gasteiger partial charge in [-0.2, -0.15) is 0 Å². The van der Waals surface area contributed by atoms with Crippen LogP contribution in [0.2, 0.25) is 0 Å². The second-order valence-corrected chi connectivity index (χ2v) is 7.13. The minimum atomic E-state index is -0.0261. The van der Waals surface area contributed by atoms with Crippen LogP contribution in [-0.4, -0.2) is 49.1 Å². The fourth-order valence-electron chi connectivity index (χ4n) is 2.90. The van der Waals surface area contributed by atoms with Gasteiger partial charge in [-0.25, -0.2) is 0 Å². The van der Waals surface area contributed by atoms with Gasteiger partial charge in [-0.05, 0) is 65.1 Å². The first-order valence-corrected chi connectivity index (χ1v) is 11.1. The molecule has 1 N–H and O–H groups in total. The maximum atomic E-state index is 11.6. The van der Waals surface area contributed by atoms with E-state index in [1.807, 2.05) is 6.92 Å². The minimum Gasteiger partial charge on any atom is -0.463 e. The number of nitrogens with one attached hydrogen (secondary N) is 1. The van der Waals surface area contributed by atoms with E-state index in [-0.39, 0.29) is 12.1 Å². The smallest absolute Gasteiger partial charge is 0.306 e. The zero-order valence-corrected chi connectivity index (χ0v) is 18.9. The standard InChI is InChI=1S/C16H33NO2.C6H13NO/c1-5-11-15(4)19-16(18)12-9-8-10-14-17(7-3)13-6-2;1-3-6(4-2)7-5-8/h15H,5-14H2,1-4H3;5-6H,3-4H2,1-2H3,(H,7,8). The van der Waals surface area contributed by atoms with Crippen LogP contribution in [0.25, 0.3) is 0 Å². The number of esters is 1. The Bertz CT molecular complexity index is 334. The van der Waals surface area contributed by atoms with E-state index in [2.05, 4.69) is 44.8 Å². The molecule has 0 aromatic carbocycles. The van der Waals surface area contributed by atoms with E-state index >= 15 is 0 Å². The van der Waals surface area contributed by atoms with Crippen molar-refractivity contribution in [2.24, 2.45) is 0 Å². The normalized spacial score (nSPS) is 11.7. The topological polar surface area (TPSA) is 58.6 Å². The highest BCUT2D eigenvalue weighted by molar-refractivity contribution is 5.69. The number of carbonyl (C=O) groups excluding carboxylic acids is 2. The number of amides is 1. The Morgan fingerprint density at radius 1 is 1.00 bits per heavy atom. The summed E-state index contributed by atoms with van der Waals surface area (Å²) >= 11 is 0. The molecule has 27 heavy (non-hydrogen) atoms. The van der Waals surface area contributed by atoms with Gasteiger partial charge in [0.25, 0.3) is 0 Å². The Morgan fingerprint density at radius 3 is 2.11 bits per heavy atom. The van der Waals surface area contributed by atoms with E-state index in [1.165, 1.54) is 19.4 Å². The van der Waals surface area contributed by atoms with Gasteiger partial charge in [0, 0.05) is 12.5 Å². The number of hydrogen-bond donors (Lipinski definition) is 1. The van der Waals surface area contributed by atoms with Gasteiger partial charge in [0.2, 0.25) is 6.41 Å². The number of unbranched alkanes of at least 4 members (excludes halogenated alkanes) is 2. The van der Waals surface area contributed by atoms with Crippen molar-refractivity contribution in [2.45, 2.75) is 111 Å². The van der Waals surface area contributed by atoms with Crippen LogP contribution in [0, 0.1) is 0 Å². The lowest BCUT2D eigenvalue weighted by Crippen LogP contribution is -2.25. The van der Waals surface area contributed by atoms with Gasteiger partial charge in [0.05, 0.1) is 6.10 Å². The highest BCUT2D eigenvalue weighted by Crippen LogP contribution is 2.07. The Balaban J connectivity index is 0. The maximum Gasteiger partial charge on any atom is 0.306 e. The Labute approximate surface area is 168 Å². The van der Waals surface area contributed by atoms with Crippen LogP contribution in [0.4, 0.5) is 0 Å². The molecule has 0 heterocycles. The van der Waals surface area contributed by atoms with Gasteiger partial charge in [-0.1, -0.05) is 47.5 Å². The highest BCUT2D eigenvalue weighted by atomic mass is 16.5. The van der Waals surface area contributed by atoms with Crippen LogP contribution < -0.4 is 5.32 Å². The van der Waals surface area contributed by atoms with Crippen LogP contribution in [0.5, 0.6) is 0 Å². The molecule has 0 aromatic heterocycles. The van der Waals surface area contributed by atoms with Gasteiger partial charge in [-0.3, -0.25) is 9.59 Å². The van der Waals surface area contributed by atoms with Crippen molar-refractivity contribution in [1.29, 1.82) is 0 Å². The third-order valence-corrected chi connectivity index (χ3v) is 4.66. The van der Waals surface area contributed by atoms with Crippen LogP contribution in [0.15, 0.2) is 0 Å². The molecule has 0 saturated heterocycles. The molecule has 5 heteroatoms. The first-order valence-electron chi connectivity index (χ1n) is 11.1. The molecule has 0 radical (unpaired) electrons. The summed E-state index contributed by atoms with van der Waals surface area (Å²) in [6, 6.07) is 0.382. The van der Waals surface area contributed by atoms with Crippen LogP contribution in [0.3, 0.4) is 0 Å². The predicted molar refractivity (Wildman–Crippen MR) is 115 cm³/mol. The molecular formula is C22H46N2O3. The second kappa shape index (κ2) is 21.2. The Hall–Kier alpha value is -1.10. The van der Waals surface area contributed by atoms with Gasteiger partial charge >= 0.3 is 5.97 Å². The number of hydrogen-bond acceptors (Lipinski definition) is 4. The summed E-state index contributed by atoms with van der Waals surface area (Å²) in [5.74, 6) is -0.0261. The molecule has 0 rings (SSSR count). The van der Waals surface area contributed by atoms with E-state index in [0.717, 1.165) is 58.0 Å². The summed E-state index contributed by atoms with van der Waals surface area (Å²) in [6.45, 7) is 16.1. The summed E-state index contributed by atoms with van der Waals surface area (Å²) in [7, 11) is 0. The third kappa shape index (κ3) is 19.5. The van der Waals surface area contributed by atoms with Crippen molar-refractivity contribution in [3.05, 3.63) is 0 Å². The van der Waals surface area contributed by atoms with E-state index in [9.17, 15) is 9.59 Å². The monoisotopic (exact) mass is 386 g/mol. The molecule has 1 atom stereocenters. The van der Waals surface area contributed by atoms with Crippen molar-refractivity contribution in [1.82, 2.24) is 10.2 Å². The lowest BCUT2D eigenvalue weighted by atomic mass is 10.2. The van der Waals surface area contributed by atoms with Crippen molar-refractivity contribution in [3.8, 4) is 0 Å². The van der Waals surface area contributed by atoms with Gasteiger partial charge in [-0.15, -0.1) is 0 Å². The summed E-state index contributed by atoms with van der Waals surface area (Å²) < 4.78 is 5.33. The SMILES string of the molecule is CCC(CC)NC=O.CCCC(C)OC(=O)CCCCCN(CC)CCC. The second-order valence-electron chi connectivity index (χ2n) is 7.13. The summed E-state index contributed by atoms with van der Waals surface area (Å²) in [4.78, 5) is 23.8. The molecular weight excluding hydrogens is 340 g/mol. The zero-order valence-electron chi connectivity index (χ0n) is 18.9. The molecule has 0 aliphatic carbocycles. The predicted octanol–water partition coefficient (Wildman–Crippen LogP) is 4.93. The van der Waals surface area contributed by atoms with Crippen molar-refractivity contribution >= 4 is 12.4 Å². The maximum absolute atomic E-state index is 11.6. The zero-order chi connectivity index (χ0) is 20.9. The molecule has 5 nitrogen and oxygen atoms in total. The number of ether oxygens (including phenoxy) is 1. The number of rotatable bonds is 16. The number of nitrogens with zero attached hydrogens (tertiary/aromatic N) is 1. The first kappa shape index (κ1) is 28.1. The molecule has 0 aliphatic heterocycles. The fourth-order valence-corrected chi connectivity index (χ4v) is 2.90. The molecule has 1 unspecified atom stereocenters. The molecule has 162 valence electrons. The van der Waals surface area contributed by atoms with E-state index in [0.29, 0.717) is 12.5 Å². The van der Waals surface area contributed by atoms with Crippen LogP contribution in [0.1, 0.15) is 99.3 Å². The Kier molecular flexibility index (Phi) is 22.1. The van der Waals surface area contributed by atoms with Gasteiger partial charge < -0.3 is 15.0 Å². The third-order valence-electron chi connectivity index (χ3n) is 4.66. The molecule has 0 fully saturated rings. The summed E-state index contributed by atoms with van der Waals surface area (Å²) in [5.41, 5.74) is 0. The molecule has 0 aliphatic rings. The molecule has 0 aromatic rings. The minimum absolute atomic E-state index is 0.0261. The van der Waals surface area contributed by atoms with Crippen LogP contribution >= 0.6 is 0 Å². The average Bonchev–Trinajstić information content (AvgIpc) is 2.65. The van der Waals surface area contributed by atoms with E-state index in [1.54, 1.807) is 0 Å². The molecule has 0 spiro atoms. The average molecular weight is 387 g/mol. The molecule has 0 bridgehead atoms. The van der Waals surface area contributed by atoms with Crippen molar-refractivity contribution in [2.75, 3.05) is 19.6 Å². The summed E-state index contributed by atoms with van der Waals surface area (Å²) in [6.07, 6.45) is 9.99. The van der Waals surface area contributed by atoms with Crippen LogP contribution in [-0.2, 0) is 14.3 Å². The van der Waals surface area contributed by atoms with E-state index < -0.39 is 0 Å². The fraction of sp³-hybridized carbons (Fsp3) is 0.909. The van der Waals surface area contributed by atoms with Gasteiger partial charge in [0.1, 0.15) is 0 Å². The van der Waals surface area contributed by atoms with Gasteiger partial charge in [0.15, 0.2) is 0 Å². The highest BCUT2D eigenvalue weighted by Gasteiger charge is 2.08. The number of carbonyl (C=O) groups is 2. The van der Waals surface area contributed by atoms with Crippen molar-refractivity contribution < 1.29 is 14.3 Å². The lowest BCUT2D eigenvalue weighted by molar-refractivity contribution is -0.148. The molecule has 0 saturated carbocycles. The molecule has 1 amide bonds. The summed E-state index contributed by atoms with van der Waals surface area (Å²) in [5, 5.41) is 2.70. The first-order chi connectivity index (χ1) is 13.0. The quantitative estimate of drug-likeness (QED) is 0.232. The Morgan fingerprint density at radius 2 is 1.67 bits per heavy atom. The largest absolute Gasteiger partial charge is 0.463 e.